The molecule has 0 saturated heterocycles. The number of esters is 1. The van der Waals surface area contributed by atoms with E-state index < -0.39 is 239 Å². The SMILES string of the molecule is COC(=O)c1ccnc(Cl)c1F.O=C(O)c1ccnc(Cl)c1F.[B]B([B])B(B([B])[B])B(B([B])[B][BH3-])B(B(B([B])[B])B([B])[B])B(B(B([B])[B])B([B])[B])B(B([B])[B])B([B])[B].[B][B]B([B])B(B(B([B])[B])B([B])[B])B(B(B([B])[B])B([B])[B])B(B(B([B])[B])B([B])[B])B(B([B])[B])B([B])[B]. The molecule has 0 aliphatic carbocycles. The molecular weight excluding hydrogens is 1110 g/mol. The molecule has 0 fully saturated rings. The molecule has 2 heterocycles. The van der Waals surface area contributed by atoms with Crippen LogP contribution in [-0.2, 0) is 4.74 Å². The number of hydrogen-bond donors (Lipinski definition) is 1. The zero-order valence-corrected chi connectivity index (χ0v) is 52.7. The molecule has 72 radical (unpaired) electrons. The number of hydrogen-bond acceptors (Lipinski definition) is 5. The third-order valence-electron chi connectivity index (χ3n) is 15.9. The van der Waals surface area contributed by atoms with Crippen LogP contribution in [0.1, 0.15) is 20.7 Å². The van der Waals surface area contributed by atoms with E-state index in [1.54, 1.807) is 0 Å². The Balaban J connectivity index is 0. The van der Waals surface area contributed by atoms with E-state index in [4.69, 9.17) is 299 Å². The molecule has 2 aromatic rings. The van der Waals surface area contributed by atoms with Crippen molar-refractivity contribution in [2.45, 2.75) is 0 Å². The Morgan fingerprint density at radius 3 is 0.763 bits per heavy atom. The lowest BCUT2D eigenvalue weighted by atomic mass is 8.29. The lowest BCUT2D eigenvalue weighted by Gasteiger charge is -2.52. The van der Waals surface area contributed by atoms with Gasteiger partial charge >= 0.3 is 11.9 Å². The molecule has 0 amide bonds. The van der Waals surface area contributed by atoms with Crippen LogP contribution in [0.2, 0.25) is 10.3 Å². The Morgan fingerprint density at radius 1 is 0.387 bits per heavy atom. The van der Waals surface area contributed by atoms with Crippen molar-refractivity contribution in [3.63, 3.8) is 0 Å². The number of nitrogens with zero attached hydrogens (tertiary/aromatic N) is 2. The normalized spacial score (nSPS) is 9.53. The number of aromatic nitrogens is 2. The predicted molar refractivity (Wildman–Crippen MR) is 484 cm³/mol. The molecule has 0 spiro atoms. The van der Waals surface area contributed by atoms with Crippen LogP contribution in [0.4, 0.5) is 8.78 Å². The molecule has 0 bridgehead atoms. The first-order valence-corrected chi connectivity index (χ1v) is 28.8. The summed E-state index contributed by atoms with van der Waals surface area (Å²) in [6, 6.07) is 2.25. The largest absolute Gasteiger partial charge is 0.478 e. The van der Waals surface area contributed by atoms with Crippen LogP contribution in [-0.4, -0.2) is 531 Å². The van der Waals surface area contributed by atoms with Crippen molar-refractivity contribution >= 4 is 532 Å². The standard InChI is InChI=1S/C7H5ClFNO2.C6H3ClFNO2.B35H3.B35/c1-12-7(11)4-2-3-10-6(8)5(4)9;7-5-4(8)3(6(10)11)1-2-9-5;2*1-19-28(18)33(29(20(2)3)21(4)5)35(32(26(14)15)27(16)17)34(30(22(6)7)23(8)9)31(24(10)11)25(12)13/h2-3H,1H3;1-2H,(H,10,11);1H3;/q;;-1;. The fourth-order valence-corrected chi connectivity index (χ4v) is 12.5. The molecule has 2 rings (SSSR count). The first-order chi connectivity index (χ1) is 42.7. The molecular formula is C13H11B70Cl2F2N2O4-. The Morgan fingerprint density at radius 2 is 0.581 bits per heavy atom. The molecule has 0 unspecified atom stereocenters. The molecule has 80 heteroatoms. The molecule has 0 atom stereocenters. The van der Waals surface area contributed by atoms with E-state index in [9.17, 15) is 18.4 Å². The molecule has 1 N–H and O–H groups in total. The third-order valence-corrected chi connectivity index (χ3v) is 16.4. The predicted octanol–water partition coefficient (Wildman–Crippen LogP) is -24.2. The molecule has 336 valence electrons. The smallest absolute Gasteiger partial charge is 0.341 e. The van der Waals surface area contributed by atoms with Gasteiger partial charge in [0, 0.05) is 261 Å². The number of methoxy groups -OCH3 is 1. The van der Waals surface area contributed by atoms with E-state index in [0.717, 1.165) is 19.4 Å². The lowest BCUT2D eigenvalue weighted by molar-refractivity contribution is 0.0594. The Bertz CT molecular complexity index is 2190. The number of carbonyl (C=O) groups excluding carboxylic acids is 1. The number of halogens is 4. The van der Waals surface area contributed by atoms with E-state index in [-0.39, 0.29) is 18.5 Å². The summed E-state index contributed by atoms with van der Waals surface area (Å²) in [5, 5.41) is 7.60. The van der Waals surface area contributed by atoms with E-state index >= 15 is 0 Å². The van der Waals surface area contributed by atoms with Gasteiger partial charge in [-0.3, -0.25) is 0 Å². The van der Waals surface area contributed by atoms with Gasteiger partial charge in [-0.05, 0) is 246 Å². The van der Waals surface area contributed by atoms with Gasteiger partial charge in [0.1, 0.15) is 5.56 Å². The van der Waals surface area contributed by atoms with E-state index in [1.165, 1.54) is 19.3 Å². The van der Waals surface area contributed by atoms with Gasteiger partial charge in [0.05, 0.1) is 12.7 Å². The highest BCUT2D eigenvalue weighted by Gasteiger charge is 2.57. The van der Waals surface area contributed by atoms with E-state index in [2.05, 4.69) is 14.7 Å². The number of ether oxygens (including phenoxy) is 1. The van der Waals surface area contributed by atoms with Crippen molar-refractivity contribution in [3.05, 3.63) is 57.6 Å². The Kier molecular flexibility index (Phi) is 49.7. The first kappa shape index (κ1) is 97.3. The van der Waals surface area contributed by atoms with Crippen LogP contribution in [0.5, 0.6) is 0 Å². The average Bonchev–Trinajstić information content (AvgIpc) is 0.767. The summed E-state index contributed by atoms with van der Waals surface area (Å²) in [6.45, 7) is 0. The molecule has 0 saturated carbocycles. The zero-order chi connectivity index (χ0) is 73.5. The number of carboxylic acids is 1. The van der Waals surface area contributed by atoms with Gasteiger partial charge in [0.25, 0.3) is 0 Å². The number of carboxylic acid groups (broad SMARTS) is 1. The highest BCUT2D eigenvalue weighted by Crippen LogP contribution is 2.20. The molecule has 0 aromatic carbocycles. The summed E-state index contributed by atoms with van der Waals surface area (Å²) in [5.74, 6) is -3.98. The van der Waals surface area contributed by atoms with E-state index in [1.807, 2.05) is 7.06 Å². The maximum Gasteiger partial charge on any atom is 0.341 e. The second kappa shape index (κ2) is 47.6. The molecule has 93 heavy (non-hydrogen) atoms. The summed E-state index contributed by atoms with van der Waals surface area (Å²) < 4.78 is 29.9. The maximum absolute atomic E-state index is 12.9. The van der Waals surface area contributed by atoms with Gasteiger partial charge in [0.2, 0.25) is 0 Å². The quantitative estimate of drug-likeness (QED) is 0.0427. The summed E-state index contributed by atoms with van der Waals surface area (Å²) in [5.41, 5.74) is -0.678. The minimum absolute atomic E-state index is 0.211. The van der Waals surface area contributed by atoms with Gasteiger partial charge in [-0.15, -0.1) is 0 Å². The summed E-state index contributed by atoms with van der Waals surface area (Å²) in [7, 11) is 220. The molecule has 6 nitrogen and oxygen atoms in total. The van der Waals surface area contributed by atoms with Crippen molar-refractivity contribution < 1.29 is 28.2 Å². The second-order valence-electron chi connectivity index (χ2n) is 22.4. The van der Waals surface area contributed by atoms with Crippen LogP contribution in [0, 0.1) is 11.6 Å². The first-order valence-electron chi connectivity index (χ1n) is 28.0. The van der Waals surface area contributed by atoms with Crippen molar-refractivity contribution in [2.75, 3.05) is 7.11 Å². The maximum atomic E-state index is 12.9. The number of pyridine rings is 2. The lowest BCUT2D eigenvalue weighted by Crippen LogP contribution is -2.90. The highest BCUT2D eigenvalue weighted by atomic mass is 35.5. The minimum atomic E-state index is -1.35. The van der Waals surface area contributed by atoms with E-state index in [0.29, 0.717) is 0 Å². The van der Waals surface area contributed by atoms with Gasteiger partial charge in [-0.2, -0.15) is 7.06 Å². The van der Waals surface area contributed by atoms with Crippen molar-refractivity contribution in [2.24, 2.45) is 0 Å². The minimum Gasteiger partial charge on any atom is -0.478 e. The van der Waals surface area contributed by atoms with Crippen molar-refractivity contribution in [3.8, 4) is 0 Å². The van der Waals surface area contributed by atoms with Gasteiger partial charge < -0.3 is 9.84 Å². The number of aromatic carboxylic acids is 1. The van der Waals surface area contributed by atoms with Crippen LogP contribution in [0.25, 0.3) is 0 Å². The molecule has 0 aliphatic rings. The van der Waals surface area contributed by atoms with Crippen LogP contribution < -0.4 is 0 Å². The molecule has 0 aliphatic heterocycles. The van der Waals surface area contributed by atoms with Crippen LogP contribution in [0.15, 0.2) is 24.5 Å². The van der Waals surface area contributed by atoms with Gasteiger partial charge in [-0.1, -0.05) is 30.9 Å². The zero-order valence-electron chi connectivity index (χ0n) is 51.2. The Labute approximate surface area is 629 Å². The number of carbonyl (C=O) groups is 2. The second-order valence-corrected chi connectivity index (χ2v) is 23.1. The topological polar surface area (TPSA) is 89.4 Å². The highest BCUT2D eigenvalue weighted by molar-refractivity contribution is 8.32. The van der Waals surface area contributed by atoms with Crippen molar-refractivity contribution in [1.29, 1.82) is 0 Å². The monoisotopic (exact) mass is 1140 g/mol. The third kappa shape index (κ3) is 29.7. The van der Waals surface area contributed by atoms with Gasteiger partial charge in [0.15, 0.2) is 21.9 Å². The average molecular weight is 1120 g/mol. The van der Waals surface area contributed by atoms with Crippen LogP contribution in [0.3, 0.4) is 0 Å². The fraction of sp³-hybridized carbons (Fsp3) is 0.0769. The summed E-state index contributed by atoms with van der Waals surface area (Å²) in [6.07, 6.45) is -28.9. The van der Waals surface area contributed by atoms with Crippen molar-refractivity contribution in [1.82, 2.24) is 9.97 Å². The fourth-order valence-electron chi connectivity index (χ4n) is 12.2. The Hall–Kier alpha value is 2.23. The summed E-state index contributed by atoms with van der Waals surface area (Å²) in [4.78, 5) is 27.9. The molecule has 2 aromatic heterocycles. The summed E-state index contributed by atoms with van der Waals surface area (Å²) >= 11 is 10.5. The van der Waals surface area contributed by atoms with Gasteiger partial charge in [-0.25, -0.2) is 28.3 Å². The van der Waals surface area contributed by atoms with Crippen LogP contribution >= 0.6 is 23.2 Å². The number of rotatable bonds is 34.